The molecule has 0 unspecified atom stereocenters. The molecule has 0 saturated heterocycles. The minimum atomic E-state index is 0.330. The topological polar surface area (TPSA) is 4.36 Å². The molecule has 0 heterocycles. The molecule has 1 nitrogen and oxygen atoms in total. The molecular weight excluding hydrogens is 146 g/mol. The van der Waals surface area contributed by atoms with E-state index in [9.17, 15) is 0 Å². The van der Waals surface area contributed by atoms with E-state index in [1.165, 1.54) is 12.8 Å². The highest BCUT2D eigenvalue weighted by molar-refractivity contribution is 4.91. The summed E-state index contributed by atoms with van der Waals surface area (Å²) >= 11 is 0. The Bertz CT molecular complexity index is 180. The highest BCUT2D eigenvalue weighted by Crippen LogP contribution is 2.42. The van der Waals surface area contributed by atoms with E-state index in [2.05, 4.69) is 25.6 Å². The van der Waals surface area contributed by atoms with Gasteiger partial charge in [-0.3, -0.25) is 0 Å². The van der Waals surface area contributed by atoms with Crippen LogP contribution in [-0.4, -0.2) is 6.04 Å². The highest BCUT2D eigenvalue weighted by atomic mass is 14.7. The van der Waals surface area contributed by atoms with Crippen LogP contribution < -0.4 is 0 Å². The van der Waals surface area contributed by atoms with Gasteiger partial charge in [0.2, 0.25) is 6.04 Å². The fraction of sp³-hybridized carbons (Fsp3) is 0.909. The molecule has 12 heavy (non-hydrogen) atoms. The zero-order valence-corrected chi connectivity index (χ0v) is 8.43. The van der Waals surface area contributed by atoms with Crippen LogP contribution in [0.25, 0.3) is 4.85 Å². The second kappa shape index (κ2) is 3.47. The summed E-state index contributed by atoms with van der Waals surface area (Å²) in [5, 5.41) is 0. The second-order valence-electron chi connectivity index (χ2n) is 4.67. The van der Waals surface area contributed by atoms with Gasteiger partial charge in [0, 0.05) is 12.8 Å². The van der Waals surface area contributed by atoms with Crippen LogP contribution in [0.3, 0.4) is 0 Å². The molecule has 1 aliphatic rings. The van der Waals surface area contributed by atoms with E-state index >= 15 is 0 Å². The maximum absolute atomic E-state index is 6.96. The molecule has 0 bridgehead atoms. The number of rotatable bonds is 1. The molecule has 0 spiro atoms. The Kier molecular flexibility index (Phi) is 2.77. The molecule has 0 aromatic carbocycles. The summed E-state index contributed by atoms with van der Waals surface area (Å²) in [6, 6.07) is 0.330. The summed E-state index contributed by atoms with van der Waals surface area (Å²) in [7, 11) is 0. The van der Waals surface area contributed by atoms with Gasteiger partial charge in [0.05, 0.1) is 0 Å². The van der Waals surface area contributed by atoms with E-state index in [4.69, 9.17) is 6.57 Å². The van der Waals surface area contributed by atoms with Crippen molar-refractivity contribution in [1.29, 1.82) is 0 Å². The van der Waals surface area contributed by atoms with Crippen molar-refractivity contribution >= 4 is 0 Å². The summed E-state index contributed by atoms with van der Waals surface area (Å²) in [5.41, 5.74) is 0.515. The van der Waals surface area contributed by atoms with Gasteiger partial charge >= 0.3 is 0 Å². The smallest absolute Gasteiger partial charge is 0.223 e. The van der Waals surface area contributed by atoms with Crippen molar-refractivity contribution in [2.45, 2.75) is 52.5 Å². The molecule has 1 fully saturated rings. The van der Waals surface area contributed by atoms with Crippen LogP contribution >= 0.6 is 0 Å². The first-order chi connectivity index (χ1) is 5.58. The van der Waals surface area contributed by atoms with Crippen molar-refractivity contribution in [3.05, 3.63) is 11.4 Å². The molecule has 0 atom stereocenters. The predicted molar refractivity (Wildman–Crippen MR) is 51.8 cm³/mol. The van der Waals surface area contributed by atoms with Gasteiger partial charge in [0.15, 0.2) is 0 Å². The van der Waals surface area contributed by atoms with E-state index in [1.807, 2.05) is 0 Å². The van der Waals surface area contributed by atoms with Gasteiger partial charge in [-0.05, 0) is 24.2 Å². The lowest BCUT2D eigenvalue weighted by Crippen LogP contribution is -2.30. The summed E-state index contributed by atoms with van der Waals surface area (Å²) < 4.78 is 0. The third-order valence-corrected chi connectivity index (χ3v) is 3.67. The van der Waals surface area contributed by atoms with Gasteiger partial charge in [0.25, 0.3) is 0 Å². The third kappa shape index (κ3) is 1.80. The van der Waals surface area contributed by atoms with Gasteiger partial charge < -0.3 is 4.85 Å². The van der Waals surface area contributed by atoms with Crippen LogP contribution in [0.1, 0.15) is 46.5 Å². The van der Waals surface area contributed by atoms with E-state index in [0.29, 0.717) is 11.5 Å². The summed E-state index contributed by atoms with van der Waals surface area (Å²) in [6.45, 7) is 13.9. The lowest BCUT2D eigenvalue weighted by Gasteiger charge is -2.37. The van der Waals surface area contributed by atoms with Crippen LogP contribution in [0.5, 0.6) is 0 Å². The maximum atomic E-state index is 6.96. The summed E-state index contributed by atoms with van der Waals surface area (Å²) in [5.74, 6) is 0.768. The average molecular weight is 165 g/mol. The Morgan fingerprint density at radius 2 is 1.83 bits per heavy atom. The minimum Gasteiger partial charge on any atom is -0.314 e. The lowest BCUT2D eigenvalue weighted by atomic mass is 9.67. The van der Waals surface area contributed by atoms with E-state index in [-0.39, 0.29) is 0 Å². The predicted octanol–water partition coefficient (Wildman–Crippen LogP) is 3.51. The minimum absolute atomic E-state index is 0.330. The van der Waals surface area contributed by atoms with Crippen LogP contribution in [-0.2, 0) is 0 Å². The van der Waals surface area contributed by atoms with Gasteiger partial charge in [-0.25, -0.2) is 6.57 Å². The van der Waals surface area contributed by atoms with Crippen LogP contribution in [0.4, 0.5) is 0 Å². The molecule has 1 saturated carbocycles. The molecule has 0 aliphatic heterocycles. The zero-order chi connectivity index (χ0) is 9.19. The Balaban J connectivity index is 2.51. The average Bonchev–Trinajstić information content (AvgIpc) is 2.06. The fourth-order valence-corrected chi connectivity index (χ4v) is 1.97. The normalized spacial score (nSPS) is 36.4. The van der Waals surface area contributed by atoms with E-state index in [1.54, 1.807) is 0 Å². The van der Waals surface area contributed by atoms with Crippen LogP contribution in [0, 0.1) is 17.9 Å². The van der Waals surface area contributed by atoms with E-state index < -0.39 is 0 Å². The standard InChI is InChI=1S/C11H19N/c1-9(2)11(3)7-5-10(12-4)6-8-11/h9-10H,5-8H2,1-3H3. The summed E-state index contributed by atoms with van der Waals surface area (Å²) in [4.78, 5) is 3.62. The first-order valence-corrected chi connectivity index (χ1v) is 4.95. The van der Waals surface area contributed by atoms with Gasteiger partial charge in [-0.2, -0.15) is 0 Å². The van der Waals surface area contributed by atoms with Crippen molar-refractivity contribution < 1.29 is 0 Å². The van der Waals surface area contributed by atoms with Crippen LogP contribution in [0.2, 0.25) is 0 Å². The van der Waals surface area contributed by atoms with Gasteiger partial charge in [-0.1, -0.05) is 20.8 Å². The SMILES string of the molecule is [C-]#[N+]C1CCC(C)(C(C)C)CC1. The van der Waals surface area contributed by atoms with Gasteiger partial charge in [-0.15, -0.1) is 0 Å². The monoisotopic (exact) mass is 165 g/mol. The highest BCUT2D eigenvalue weighted by Gasteiger charge is 2.35. The molecular formula is C11H19N. The number of hydrogen-bond acceptors (Lipinski definition) is 0. The number of nitrogens with zero attached hydrogens (tertiary/aromatic N) is 1. The van der Waals surface area contributed by atoms with E-state index in [0.717, 1.165) is 18.8 Å². The van der Waals surface area contributed by atoms with Crippen molar-refractivity contribution in [2.75, 3.05) is 0 Å². The Hall–Kier alpha value is -0.510. The second-order valence-corrected chi connectivity index (χ2v) is 4.67. The van der Waals surface area contributed by atoms with Gasteiger partial charge in [0.1, 0.15) is 0 Å². The number of hydrogen-bond donors (Lipinski definition) is 0. The van der Waals surface area contributed by atoms with Crippen molar-refractivity contribution in [1.82, 2.24) is 0 Å². The van der Waals surface area contributed by atoms with Crippen molar-refractivity contribution in [2.24, 2.45) is 11.3 Å². The lowest BCUT2D eigenvalue weighted by molar-refractivity contribution is 0.139. The Morgan fingerprint density at radius 1 is 1.33 bits per heavy atom. The molecule has 1 aliphatic carbocycles. The Morgan fingerprint density at radius 3 is 2.17 bits per heavy atom. The molecule has 68 valence electrons. The molecule has 1 heteroatoms. The largest absolute Gasteiger partial charge is 0.314 e. The van der Waals surface area contributed by atoms with Crippen molar-refractivity contribution in [3.8, 4) is 0 Å². The molecule has 0 amide bonds. The molecule has 0 radical (unpaired) electrons. The first-order valence-electron chi connectivity index (χ1n) is 4.95. The first kappa shape index (κ1) is 9.58. The molecule has 1 rings (SSSR count). The quantitative estimate of drug-likeness (QED) is 0.524. The summed E-state index contributed by atoms with van der Waals surface area (Å²) in [6.07, 6.45) is 4.74. The van der Waals surface area contributed by atoms with Crippen LogP contribution in [0.15, 0.2) is 0 Å². The molecule has 0 aromatic rings. The zero-order valence-electron chi connectivity index (χ0n) is 8.43. The Labute approximate surface area is 76.0 Å². The third-order valence-electron chi connectivity index (χ3n) is 3.67. The molecule has 0 N–H and O–H groups in total. The fourth-order valence-electron chi connectivity index (χ4n) is 1.97. The molecule has 0 aromatic heterocycles. The van der Waals surface area contributed by atoms with Crippen molar-refractivity contribution in [3.63, 3.8) is 0 Å². The maximum Gasteiger partial charge on any atom is 0.223 e.